The highest BCUT2D eigenvalue weighted by atomic mass is 35.5. The molecule has 1 aliphatic rings. The van der Waals surface area contributed by atoms with E-state index in [0.29, 0.717) is 31.8 Å². The van der Waals surface area contributed by atoms with Crippen molar-refractivity contribution in [3.05, 3.63) is 70.7 Å². The molecule has 1 heterocycles. The summed E-state index contributed by atoms with van der Waals surface area (Å²) >= 11 is 6.15. The Labute approximate surface area is 209 Å². The summed E-state index contributed by atoms with van der Waals surface area (Å²) in [4.78, 5) is 30.2. The number of rotatable bonds is 10. The van der Waals surface area contributed by atoms with Gasteiger partial charge >= 0.3 is 0 Å². The number of nitrogens with two attached hydrogens (primary N) is 1. The first-order valence-corrected chi connectivity index (χ1v) is 12.8. The summed E-state index contributed by atoms with van der Waals surface area (Å²) in [5.74, 6) is -0.699. The van der Waals surface area contributed by atoms with Crippen LogP contribution in [0.15, 0.2) is 54.6 Å². The number of carbonyl (C=O) groups is 2. The van der Waals surface area contributed by atoms with Crippen LogP contribution in [0.2, 0.25) is 5.02 Å². The number of primary amides is 1. The van der Waals surface area contributed by atoms with Crippen molar-refractivity contribution in [1.82, 2.24) is 9.80 Å². The monoisotopic (exact) mass is 483 g/mol. The molecule has 1 aliphatic heterocycles. The van der Waals surface area contributed by atoms with Crippen LogP contribution in [0.25, 0.3) is 0 Å². The number of carbonyl (C=O) groups excluding carboxylic acids is 2. The Morgan fingerprint density at radius 2 is 1.50 bits per heavy atom. The third-order valence-electron chi connectivity index (χ3n) is 6.79. The van der Waals surface area contributed by atoms with Gasteiger partial charge in [0.15, 0.2) is 0 Å². The van der Waals surface area contributed by atoms with Gasteiger partial charge in [-0.3, -0.25) is 14.5 Å². The Morgan fingerprint density at radius 1 is 0.912 bits per heavy atom. The van der Waals surface area contributed by atoms with Crippen molar-refractivity contribution >= 4 is 23.4 Å². The zero-order valence-corrected chi connectivity index (χ0v) is 21.4. The van der Waals surface area contributed by atoms with Gasteiger partial charge in [-0.05, 0) is 42.0 Å². The molecule has 3 rings (SSSR count). The lowest BCUT2D eigenvalue weighted by Crippen LogP contribution is -2.53. The zero-order chi connectivity index (χ0) is 24.7. The lowest BCUT2D eigenvalue weighted by atomic mass is 9.81. The molecule has 3 atom stereocenters. The van der Waals surface area contributed by atoms with Gasteiger partial charge in [0.25, 0.3) is 0 Å². The molecule has 2 aromatic rings. The topological polar surface area (TPSA) is 66.6 Å². The lowest BCUT2D eigenvalue weighted by Gasteiger charge is -2.41. The maximum atomic E-state index is 13.6. The molecule has 2 N–H and O–H groups in total. The Hall–Kier alpha value is -2.37. The largest absolute Gasteiger partial charge is 0.369 e. The lowest BCUT2D eigenvalue weighted by molar-refractivity contribution is -0.143. The second-order valence-electron chi connectivity index (χ2n) is 9.76. The molecule has 5 nitrogen and oxygen atoms in total. The second-order valence-corrected chi connectivity index (χ2v) is 10.2. The summed E-state index contributed by atoms with van der Waals surface area (Å²) in [5, 5.41) is 0.721. The van der Waals surface area contributed by atoms with Crippen LogP contribution in [-0.4, -0.2) is 47.8 Å². The molecular weight excluding hydrogens is 446 g/mol. The van der Waals surface area contributed by atoms with Crippen LogP contribution < -0.4 is 5.73 Å². The van der Waals surface area contributed by atoms with Gasteiger partial charge in [0.05, 0.1) is 6.04 Å². The van der Waals surface area contributed by atoms with Gasteiger partial charge in [-0.15, -0.1) is 0 Å². The molecule has 1 fully saturated rings. The quantitative estimate of drug-likeness (QED) is 0.509. The first-order chi connectivity index (χ1) is 16.3. The molecule has 2 aromatic carbocycles. The molecule has 0 aliphatic carbocycles. The van der Waals surface area contributed by atoms with Crippen molar-refractivity contribution in [2.75, 3.05) is 26.2 Å². The number of halogens is 1. The van der Waals surface area contributed by atoms with Gasteiger partial charge in [-0.25, -0.2) is 0 Å². The Morgan fingerprint density at radius 3 is 2.03 bits per heavy atom. The average molecular weight is 484 g/mol. The molecular formula is C28H38ClN3O2. The maximum Gasteiger partial charge on any atom is 0.226 e. The van der Waals surface area contributed by atoms with Gasteiger partial charge in [0.2, 0.25) is 11.8 Å². The molecule has 0 radical (unpaired) electrons. The van der Waals surface area contributed by atoms with Crippen LogP contribution in [0.3, 0.4) is 0 Å². The van der Waals surface area contributed by atoms with Gasteiger partial charge < -0.3 is 10.6 Å². The maximum absolute atomic E-state index is 13.6. The van der Waals surface area contributed by atoms with Crippen molar-refractivity contribution in [2.24, 2.45) is 23.5 Å². The van der Waals surface area contributed by atoms with Gasteiger partial charge in [0.1, 0.15) is 0 Å². The van der Waals surface area contributed by atoms with Crippen LogP contribution in [-0.2, 0) is 9.59 Å². The predicted molar refractivity (Wildman–Crippen MR) is 138 cm³/mol. The standard InChI is InChI=1S/C28H38ClN3O2/c1-4-8-24(27(30)33)25(19-20(2)3)28(34)32-17-15-31(16-18-32)26(21-9-6-5-7-10-21)22-11-13-23(29)14-12-22/h5-7,9-14,20,24-26H,4,8,15-19H2,1-3H3,(H2,30,33). The molecule has 0 bridgehead atoms. The fourth-order valence-electron chi connectivity index (χ4n) is 5.13. The van der Waals surface area contributed by atoms with Crippen LogP contribution in [0.1, 0.15) is 57.2 Å². The highest BCUT2D eigenvalue weighted by Crippen LogP contribution is 2.32. The second kappa shape index (κ2) is 12.4. The third kappa shape index (κ3) is 6.61. The Balaban J connectivity index is 1.77. The van der Waals surface area contributed by atoms with E-state index in [9.17, 15) is 9.59 Å². The summed E-state index contributed by atoms with van der Waals surface area (Å²) in [7, 11) is 0. The van der Waals surface area contributed by atoms with E-state index in [2.05, 4.69) is 55.1 Å². The highest BCUT2D eigenvalue weighted by molar-refractivity contribution is 6.30. The van der Waals surface area contributed by atoms with Gasteiger partial charge in [-0.1, -0.05) is 81.3 Å². The smallest absolute Gasteiger partial charge is 0.226 e. The molecule has 34 heavy (non-hydrogen) atoms. The predicted octanol–water partition coefficient (Wildman–Crippen LogP) is 5.14. The van der Waals surface area contributed by atoms with E-state index in [0.717, 1.165) is 24.5 Å². The molecule has 184 valence electrons. The summed E-state index contributed by atoms with van der Waals surface area (Å²) in [6, 6.07) is 18.6. The number of hydrogen-bond donors (Lipinski definition) is 1. The number of benzene rings is 2. The van der Waals surface area contributed by atoms with Crippen LogP contribution in [0.4, 0.5) is 0 Å². The minimum absolute atomic E-state index is 0.0772. The minimum Gasteiger partial charge on any atom is -0.369 e. The molecule has 0 aromatic heterocycles. The van der Waals surface area contributed by atoms with Crippen molar-refractivity contribution < 1.29 is 9.59 Å². The number of piperazine rings is 1. The average Bonchev–Trinajstić information content (AvgIpc) is 2.83. The summed E-state index contributed by atoms with van der Waals surface area (Å²) in [6.07, 6.45) is 2.18. The number of hydrogen-bond acceptors (Lipinski definition) is 3. The van der Waals surface area contributed by atoms with E-state index >= 15 is 0 Å². The summed E-state index contributed by atoms with van der Waals surface area (Å²) < 4.78 is 0. The van der Waals surface area contributed by atoms with Crippen LogP contribution >= 0.6 is 11.6 Å². The minimum atomic E-state index is -0.399. The van der Waals surface area contributed by atoms with E-state index in [1.807, 2.05) is 30.0 Å². The molecule has 0 spiro atoms. The van der Waals surface area contributed by atoms with E-state index in [-0.39, 0.29) is 23.8 Å². The Kier molecular flexibility index (Phi) is 9.54. The SMILES string of the molecule is CCCC(C(N)=O)C(CC(C)C)C(=O)N1CCN(C(c2ccccc2)c2ccc(Cl)cc2)CC1. The summed E-state index contributed by atoms with van der Waals surface area (Å²) in [5.41, 5.74) is 8.15. The van der Waals surface area contributed by atoms with Crippen molar-refractivity contribution in [1.29, 1.82) is 0 Å². The van der Waals surface area contributed by atoms with E-state index in [4.69, 9.17) is 17.3 Å². The summed E-state index contributed by atoms with van der Waals surface area (Å²) in [6.45, 7) is 9.03. The van der Waals surface area contributed by atoms with E-state index in [1.165, 1.54) is 11.1 Å². The number of nitrogens with zero attached hydrogens (tertiary/aromatic N) is 2. The van der Waals surface area contributed by atoms with E-state index in [1.54, 1.807) is 0 Å². The Bertz CT molecular complexity index is 924. The fourth-order valence-corrected chi connectivity index (χ4v) is 5.25. The van der Waals surface area contributed by atoms with Crippen molar-refractivity contribution in [3.8, 4) is 0 Å². The molecule has 6 heteroatoms. The van der Waals surface area contributed by atoms with Crippen LogP contribution in [0, 0.1) is 17.8 Å². The third-order valence-corrected chi connectivity index (χ3v) is 7.04. The molecule has 0 saturated carbocycles. The fraction of sp³-hybridized carbons (Fsp3) is 0.500. The molecule has 3 unspecified atom stereocenters. The number of amides is 2. The zero-order valence-electron chi connectivity index (χ0n) is 20.6. The van der Waals surface area contributed by atoms with Gasteiger partial charge in [0, 0.05) is 43.0 Å². The molecule has 1 saturated heterocycles. The molecule has 2 amide bonds. The van der Waals surface area contributed by atoms with Crippen molar-refractivity contribution in [3.63, 3.8) is 0 Å². The normalized spacial score (nSPS) is 17.4. The van der Waals surface area contributed by atoms with Crippen LogP contribution in [0.5, 0.6) is 0 Å². The first kappa shape index (κ1) is 26.2. The van der Waals surface area contributed by atoms with Gasteiger partial charge in [-0.2, -0.15) is 0 Å². The first-order valence-electron chi connectivity index (χ1n) is 12.4. The highest BCUT2D eigenvalue weighted by Gasteiger charge is 2.37. The van der Waals surface area contributed by atoms with Crippen molar-refractivity contribution in [2.45, 2.75) is 46.1 Å². The van der Waals surface area contributed by atoms with E-state index < -0.39 is 5.92 Å².